The number of nitrogens with zero attached hydrogens (tertiary/aromatic N) is 1. The maximum absolute atomic E-state index is 13.8. The van der Waals surface area contributed by atoms with Crippen molar-refractivity contribution in [1.29, 1.82) is 0 Å². The second-order valence-corrected chi connectivity index (χ2v) is 6.76. The van der Waals surface area contributed by atoms with Crippen LogP contribution in [0.25, 0.3) is 11.3 Å². The highest BCUT2D eigenvalue weighted by molar-refractivity contribution is 9.10. The minimum absolute atomic E-state index is 0.0982. The molecule has 0 saturated heterocycles. The molecule has 0 radical (unpaired) electrons. The van der Waals surface area contributed by atoms with Gasteiger partial charge in [-0.05, 0) is 30.7 Å². The van der Waals surface area contributed by atoms with Crippen molar-refractivity contribution in [3.63, 3.8) is 0 Å². The van der Waals surface area contributed by atoms with E-state index in [0.29, 0.717) is 23.6 Å². The first kappa shape index (κ1) is 18.3. The molecule has 0 spiro atoms. The maximum atomic E-state index is 13.8. The van der Waals surface area contributed by atoms with Crippen LogP contribution >= 0.6 is 15.9 Å². The molecule has 1 amide bonds. The summed E-state index contributed by atoms with van der Waals surface area (Å²) in [6.45, 7) is 1.93. The molecule has 0 aliphatic rings. The number of carbonyl (C=O) groups is 1. The predicted octanol–water partition coefficient (Wildman–Crippen LogP) is 5.05. The normalized spacial score (nSPS) is 12.0. The summed E-state index contributed by atoms with van der Waals surface area (Å²) < 4.78 is 20.3. The van der Waals surface area contributed by atoms with Crippen LogP contribution in [0.5, 0.6) is 0 Å². The summed E-state index contributed by atoms with van der Waals surface area (Å²) in [7, 11) is 0. The first-order valence-electron chi connectivity index (χ1n) is 8.28. The molecule has 3 rings (SSSR count). The van der Waals surface area contributed by atoms with Gasteiger partial charge in [-0.25, -0.2) is 9.37 Å². The first-order valence-corrected chi connectivity index (χ1v) is 9.07. The molecule has 0 unspecified atom stereocenters. The van der Waals surface area contributed by atoms with Crippen molar-refractivity contribution in [3.8, 4) is 11.3 Å². The fourth-order valence-electron chi connectivity index (χ4n) is 2.65. The SMILES string of the molecule is C[C@H](NC(=O)CCc1ncc(-c2ccccc2F)o1)c1ccccc1Br. The molecule has 0 aliphatic carbocycles. The zero-order valence-electron chi connectivity index (χ0n) is 14.2. The maximum Gasteiger partial charge on any atom is 0.220 e. The second-order valence-electron chi connectivity index (χ2n) is 5.91. The summed E-state index contributed by atoms with van der Waals surface area (Å²) in [6.07, 6.45) is 2.07. The molecule has 2 aromatic carbocycles. The zero-order valence-corrected chi connectivity index (χ0v) is 15.8. The lowest BCUT2D eigenvalue weighted by molar-refractivity contribution is -0.121. The molecule has 0 aliphatic heterocycles. The Morgan fingerprint density at radius 3 is 2.73 bits per heavy atom. The van der Waals surface area contributed by atoms with E-state index in [1.807, 2.05) is 31.2 Å². The fraction of sp³-hybridized carbons (Fsp3) is 0.200. The lowest BCUT2D eigenvalue weighted by Crippen LogP contribution is -2.27. The Labute approximate surface area is 159 Å². The summed E-state index contributed by atoms with van der Waals surface area (Å²) in [4.78, 5) is 16.3. The number of aryl methyl sites for hydroxylation is 1. The molecular weight excluding hydrogens is 399 g/mol. The van der Waals surface area contributed by atoms with Crippen LogP contribution in [0.3, 0.4) is 0 Å². The zero-order chi connectivity index (χ0) is 18.5. The molecule has 0 bridgehead atoms. The smallest absolute Gasteiger partial charge is 0.220 e. The largest absolute Gasteiger partial charge is 0.441 e. The molecule has 1 heterocycles. The van der Waals surface area contributed by atoms with Gasteiger partial charge in [-0.1, -0.05) is 46.3 Å². The molecule has 0 saturated carbocycles. The monoisotopic (exact) mass is 416 g/mol. The van der Waals surface area contributed by atoms with Crippen LogP contribution in [0.2, 0.25) is 0 Å². The van der Waals surface area contributed by atoms with Gasteiger partial charge < -0.3 is 9.73 Å². The van der Waals surface area contributed by atoms with Crippen molar-refractivity contribution in [2.45, 2.75) is 25.8 Å². The van der Waals surface area contributed by atoms with Crippen molar-refractivity contribution in [2.75, 3.05) is 0 Å². The van der Waals surface area contributed by atoms with Crippen LogP contribution in [-0.4, -0.2) is 10.9 Å². The summed E-state index contributed by atoms with van der Waals surface area (Å²) >= 11 is 3.49. The van der Waals surface area contributed by atoms with Crippen LogP contribution in [0, 0.1) is 5.82 Å². The fourth-order valence-corrected chi connectivity index (χ4v) is 3.28. The third kappa shape index (κ3) is 4.38. The van der Waals surface area contributed by atoms with E-state index >= 15 is 0 Å². The van der Waals surface area contributed by atoms with Crippen molar-refractivity contribution >= 4 is 21.8 Å². The van der Waals surface area contributed by atoms with Gasteiger partial charge in [0.15, 0.2) is 11.7 Å². The lowest BCUT2D eigenvalue weighted by atomic mass is 10.1. The van der Waals surface area contributed by atoms with Gasteiger partial charge >= 0.3 is 0 Å². The Bertz CT molecular complexity index is 910. The van der Waals surface area contributed by atoms with Crippen LogP contribution < -0.4 is 5.32 Å². The highest BCUT2D eigenvalue weighted by Crippen LogP contribution is 2.24. The quantitative estimate of drug-likeness (QED) is 0.611. The van der Waals surface area contributed by atoms with Crippen molar-refractivity contribution in [2.24, 2.45) is 0 Å². The number of benzene rings is 2. The van der Waals surface area contributed by atoms with Crippen molar-refractivity contribution in [3.05, 3.63) is 76.5 Å². The van der Waals surface area contributed by atoms with E-state index in [4.69, 9.17) is 4.42 Å². The van der Waals surface area contributed by atoms with E-state index in [9.17, 15) is 9.18 Å². The van der Waals surface area contributed by atoms with Gasteiger partial charge in [0.2, 0.25) is 5.91 Å². The number of oxazole rings is 1. The van der Waals surface area contributed by atoms with Crippen molar-refractivity contribution < 1.29 is 13.6 Å². The number of carbonyl (C=O) groups excluding carboxylic acids is 1. The first-order chi connectivity index (χ1) is 12.5. The number of hydrogen-bond acceptors (Lipinski definition) is 3. The Balaban J connectivity index is 1.57. The van der Waals surface area contributed by atoms with E-state index in [-0.39, 0.29) is 24.2 Å². The minimum Gasteiger partial charge on any atom is -0.441 e. The molecular formula is C20H18BrFN2O2. The lowest BCUT2D eigenvalue weighted by Gasteiger charge is -2.15. The number of halogens is 2. The van der Waals surface area contributed by atoms with E-state index in [0.717, 1.165) is 10.0 Å². The standard InChI is InChI=1S/C20H18BrFN2O2/c1-13(14-6-2-4-8-16(14)21)24-19(25)10-11-20-23-12-18(26-20)15-7-3-5-9-17(15)22/h2-9,12-13H,10-11H2,1H3,(H,24,25)/t13-/m0/s1. The number of aromatic nitrogens is 1. The number of nitrogens with one attached hydrogen (secondary N) is 1. The predicted molar refractivity (Wildman–Crippen MR) is 101 cm³/mol. The number of amides is 1. The highest BCUT2D eigenvalue weighted by Gasteiger charge is 2.14. The molecule has 3 aromatic rings. The third-order valence-electron chi connectivity index (χ3n) is 4.01. The topological polar surface area (TPSA) is 55.1 Å². The molecule has 1 aromatic heterocycles. The number of rotatable bonds is 6. The van der Waals surface area contributed by atoms with Crippen LogP contribution in [-0.2, 0) is 11.2 Å². The van der Waals surface area contributed by atoms with Crippen LogP contribution in [0.4, 0.5) is 4.39 Å². The number of hydrogen-bond donors (Lipinski definition) is 1. The Kier molecular flexibility index (Phi) is 5.83. The third-order valence-corrected chi connectivity index (χ3v) is 4.73. The molecule has 1 N–H and O–H groups in total. The molecule has 26 heavy (non-hydrogen) atoms. The highest BCUT2D eigenvalue weighted by atomic mass is 79.9. The van der Waals surface area contributed by atoms with Gasteiger partial charge in [-0.3, -0.25) is 4.79 Å². The average Bonchev–Trinajstić information content (AvgIpc) is 3.09. The van der Waals surface area contributed by atoms with Gasteiger partial charge in [-0.2, -0.15) is 0 Å². The van der Waals surface area contributed by atoms with Gasteiger partial charge in [0.05, 0.1) is 17.8 Å². The molecule has 4 nitrogen and oxygen atoms in total. The van der Waals surface area contributed by atoms with Crippen LogP contribution in [0.1, 0.15) is 30.8 Å². The Morgan fingerprint density at radius 1 is 1.23 bits per heavy atom. The molecule has 6 heteroatoms. The Hall–Kier alpha value is -2.47. The van der Waals surface area contributed by atoms with Gasteiger partial charge in [0, 0.05) is 17.3 Å². The summed E-state index contributed by atoms with van der Waals surface area (Å²) in [5, 5.41) is 2.96. The molecule has 1 atom stereocenters. The van der Waals surface area contributed by atoms with E-state index in [1.54, 1.807) is 18.2 Å². The van der Waals surface area contributed by atoms with Crippen molar-refractivity contribution in [1.82, 2.24) is 10.3 Å². The average molecular weight is 417 g/mol. The Morgan fingerprint density at radius 2 is 1.96 bits per heavy atom. The van der Waals surface area contributed by atoms with Gasteiger partial charge in [-0.15, -0.1) is 0 Å². The molecule has 134 valence electrons. The van der Waals surface area contributed by atoms with E-state index in [1.165, 1.54) is 12.3 Å². The van der Waals surface area contributed by atoms with Crippen LogP contribution in [0.15, 0.2) is 63.6 Å². The van der Waals surface area contributed by atoms with E-state index in [2.05, 4.69) is 26.2 Å². The minimum atomic E-state index is -0.366. The summed E-state index contributed by atoms with van der Waals surface area (Å²) in [5.74, 6) is 0.307. The van der Waals surface area contributed by atoms with Gasteiger partial charge in [0.1, 0.15) is 5.82 Å². The summed E-state index contributed by atoms with van der Waals surface area (Å²) in [5.41, 5.74) is 1.37. The summed E-state index contributed by atoms with van der Waals surface area (Å²) in [6, 6.07) is 14.0. The second kappa shape index (κ2) is 8.27. The van der Waals surface area contributed by atoms with Gasteiger partial charge in [0.25, 0.3) is 0 Å². The molecule has 0 fully saturated rings. The van der Waals surface area contributed by atoms with E-state index < -0.39 is 0 Å².